The lowest BCUT2D eigenvalue weighted by atomic mass is 10.2. The van der Waals surface area contributed by atoms with Gasteiger partial charge in [0.1, 0.15) is 5.82 Å². The van der Waals surface area contributed by atoms with Gasteiger partial charge in [-0.05, 0) is 50.1 Å². The summed E-state index contributed by atoms with van der Waals surface area (Å²) in [5, 5.41) is 3.20. The third-order valence-corrected chi connectivity index (χ3v) is 4.41. The van der Waals surface area contributed by atoms with Crippen molar-refractivity contribution in [3.8, 4) is 0 Å². The van der Waals surface area contributed by atoms with Crippen LogP contribution in [0.15, 0.2) is 23.1 Å². The highest BCUT2D eigenvalue weighted by Crippen LogP contribution is 2.14. The number of halogens is 2. The van der Waals surface area contributed by atoms with E-state index in [-0.39, 0.29) is 23.3 Å². The van der Waals surface area contributed by atoms with Crippen molar-refractivity contribution in [3.05, 3.63) is 29.6 Å². The molecule has 1 heterocycles. The second-order valence-electron chi connectivity index (χ2n) is 4.61. The maximum Gasteiger partial charge on any atom is 0.240 e. The molecule has 2 rings (SSSR count). The Hall–Kier alpha value is -0.690. The molecule has 1 aliphatic heterocycles. The van der Waals surface area contributed by atoms with Gasteiger partial charge >= 0.3 is 0 Å². The Morgan fingerprint density at radius 2 is 2.16 bits per heavy atom. The molecule has 0 aliphatic carbocycles. The molecule has 0 saturated carbocycles. The van der Waals surface area contributed by atoms with Gasteiger partial charge in [0.05, 0.1) is 4.90 Å². The van der Waals surface area contributed by atoms with Crippen molar-refractivity contribution >= 4 is 22.4 Å². The number of sulfonamides is 1. The number of hydrogen-bond donors (Lipinski definition) is 2. The molecule has 0 radical (unpaired) electrons. The molecule has 1 aromatic rings. The SMILES string of the molecule is Cc1cc(F)cc(S(=O)(=O)NCC2CCCN2)c1.Cl. The Bertz CT molecular complexity index is 510. The first kappa shape index (κ1) is 16.4. The average Bonchev–Trinajstić information content (AvgIpc) is 2.78. The van der Waals surface area contributed by atoms with E-state index in [1.807, 2.05) is 0 Å². The minimum atomic E-state index is -3.62. The molecule has 1 unspecified atom stereocenters. The minimum absolute atomic E-state index is 0. The molecular formula is C12H18ClFN2O2S. The number of rotatable bonds is 4. The van der Waals surface area contributed by atoms with Gasteiger partial charge in [0.25, 0.3) is 0 Å². The third-order valence-electron chi connectivity index (χ3n) is 3.01. The van der Waals surface area contributed by atoms with Crippen LogP contribution in [-0.4, -0.2) is 27.5 Å². The number of aryl methyl sites for hydroxylation is 1. The van der Waals surface area contributed by atoms with E-state index in [1.165, 1.54) is 12.1 Å². The molecular weight excluding hydrogens is 291 g/mol. The molecule has 0 amide bonds. The number of nitrogens with one attached hydrogen (secondary N) is 2. The molecule has 1 atom stereocenters. The lowest BCUT2D eigenvalue weighted by molar-refractivity contribution is 0.550. The van der Waals surface area contributed by atoms with Crippen LogP contribution < -0.4 is 10.0 Å². The summed E-state index contributed by atoms with van der Waals surface area (Å²) in [6.07, 6.45) is 2.02. The summed E-state index contributed by atoms with van der Waals surface area (Å²) in [5.74, 6) is -0.533. The monoisotopic (exact) mass is 308 g/mol. The van der Waals surface area contributed by atoms with E-state index in [9.17, 15) is 12.8 Å². The van der Waals surface area contributed by atoms with E-state index in [0.717, 1.165) is 25.5 Å². The molecule has 0 spiro atoms. The van der Waals surface area contributed by atoms with Crippen LogP contribution in [0.2, 0.25) is 0 Å². The zero-order chi connectivity index (χ0) is 13.2. The van der Waals surface area contributed by atoms with E-state index in [2.05, 4.69) is 10.0 Å². The van der Waals surface area contributed by atoms with Crippen molar-refractivity contribution in [2.75, 3.05) is 13.1 Å². The van der Waals surface area contributed by atoms with Crippen molar-refractivity contribution in [1.82, 2.24) is 10.0 Å². The molecule has 108 valence electrons. The summed E-state index contributed by atoms with van der Waals surface area (Å²) in [6, 6.07) is 3.98. The first-order valence-electron chi connectivity index (χ1n) is 5.97. The van der Waals surface area contributed by atoms with Crippen molar-refractivity contribution < 1.29 is 12.8 Å². The van der Waals surface area contributed by atoms with E-state index >= 15 is 0 Å². The van der Waals surface area contributed by atoms with Crippen LogP contribution in [0.3, 0.4) is 0 Å². The molecule has 19 heavy (non-hydrogen) atoms. The maximum absolute atomic E-state index is 13.2. The van der Waals surface area contributed by atoms with Crippen LogP contribution in [0.4, 0.5) is 4.39 Å². The second kappa shape index (κ2) is 6.65. The Kier molecular flexibility index (Phi) is 5.73. The lowest BCUT2D eigenvalue weighted by Crippen LogP contribution is -2.37. The maximum atomic E-state index is 13.2. The van der Waals surface area contributed by atoms with Crippen LogP contribution in [0.25, 0.3) is 0 Å². The predicted molar refractivity (Wildman–Crippen MR) is 74.6 cm³/mol. The number of benzene rings is 1. The third kappa shape index (κ3) is 4.42. The van der Waals surface area contributed by atoms with Crippen molar-refractivity contribution in [1.29, 1.82) is 0 Å². The molecule has 0 bridgehead atoms. The molecule has 0 aromatic heterocycles. The minimum Gasteiger partial charge on any atom is -0.313 e. The quantitative estimate of drug-likeness (QED) is 0.888. The summed E-state index contributed by atoms with van der Waals surface area (Å²) in [5.41, 5.74) is 0.592. The largest absolute Gasteiger partial charge is 0.313 e. The van der Waals surface area contributed by atoms with E-state index < -0.39 is 15.8 Å². The van der Waals surface area contributed by atoms with Crippen molar-refractivity contribution in [2.45, 2.75) is 30.7 Å². The number of hydrogen-bond acceptors (Lipinski definition) is 3. The first-order chi connectivity index (χ1) is 8.47. The molecule has 1 aromatic carbocycles. The van der Waals surface area contributed by atoms with Gasteiger partial charge < -0.3 is 5.32 Å². The zero-order valence-electron chi connectivity index (χ0n) is 10.6. The summed E-state index contributed by atoms with van der Waals surface area (Å²) in [7, 11) is -3.62. The lowest BCUT2D eigenvalue weighted by Gasteiger charge is -2.12. The van der Waals surface area contributed by atoms with Gasteiger partial charge in [-0.15, -0.1) is 12.4 Å². The normalized spacial score (nSPS) is 19.2. The second-order valence-corrected chi connectivity index (χ2v) is 6.38. The fraction of sp³-hybridized carbons (Fsp3) is 0.500. The predicted octanol–water partition coefficient (Wildman–Crippen LogP) is 1.59. The van der Waals surface area contributed by atoms with Gasteiger partial charge in [0, 0.05) is 12.6 Å². The van der Waals surface area contributed by atoms with E-state index in [0.29, 0.717) is 12.1 Å². The smallest absolute Gasteiger partial charge is 0.240 e. The van der Waals surface area contributed by atoms with E-state index in [1.54, 1.807) is 6.92 Å². The van der Waals surface area contributed by atoms with Crippen LogP contribution in [-0.2, 0) is 10.0 Å². The van der Waals surface area contributed by atoms with Gasteiger partial charge in [-0.1, -0.05) is 0 Å². The molecule has 7 heteroatoms. The Morgan fingerprint density at radius 1 is 1.42 bits per heavy atom. The Morgan fingerprint density at radius 3 is 2.74 bits per heavy atom. The Labute approximate surface area is 119 Å². The van der Waals surface area contributed by atoms with Gasteiger partial charge in [-0.3, -0.25) is 0 Å². The van der Waals surface area contributed by atoms with Crippen LogP contribution in [0.1, 0.15) is 18.4 Å². The van der Waals surface area contributed by atoms with Gasteiger partial charge in [-0.25, -0.2) is 17.5 Å². The van der Waals surface area contributed by atoms with Gasteiger partial charge in [-0.2, -0.15) is 0 Å². The zero-order valence-corrected chi connectivity index (χ0v) is 12.3. The average molecular weight is 309 g/mol. The molecule has 4 nitrogen and oxygen atoms in total. The molecule has 2 N–H and O–H groups in total. The fourth-order valence-electron chi connectivity index (χ4n) is 2.08. The van der Waals surface area contributed by atoms with Crippen LogP contribution in [0.5, 0.6) is 0 Å². The van der Waals surface area contributed by atoms with Gasteiger partial charge in [0.15, 0.2) is 0 Å². The molecule has 1 fully saturated rings. The highest BCUT2D eigenvalue weighted by Gasteiger charge is 2.19. The van der Waals surface area contributed by atoms with Gasteiger partial charge in [0.2, 0.25) is 10.0 Å². The van der Waals surface area contributed by atoms with Crippen molar-refractivity contribution in [3.63, 3.8) is 0 Å². The topological polar surface area (TPSA) is 58.2 Å². The summed E-state index contributed by atoms with van der Waals surface area (Å²) < 4.78 is 39.7. The highest BCUT2D eigenvalue weighted by atomic mass is 35.5. The molecule has 1 saturated heterocycles. The Balaban J connectivity index is 0.00000180. The van der Waals surface area contributed by atoms with E-state index in [4.69, 9.17) is 0 Å². The standard InChI is InChI=1S/C12H17FN2O2S.ClH/c1-9-5-10(13)7-12(6-9)18(16,17)15-8-11-3-2-4-14-11;/h5-7,11,14-15H,2-4,8H2,1H3;1H. The van der Waals surface area contributed by atoms with Crippen LogP contribution >= 0.6 is 12.4 Å². The first-order valence-corrected chi connectivity index (χ1v) is 7.46. The summed E-state index contributed by atoms with van der Waals surface area (Å²) in [6.45, 7) is 2.93. The molecule has 1 aliphatic rings. The summed E-state index contributed by atoms with van der Waals surface area (Å²) in [4.78, 5) is -0.0157. The van der Waals surface area contributed by atoms with Crippen molar-refractivity contribution in [2.24, 2.45) is 0 Å². The fourth-order valence-corrected chi connectivity index (χ4v) is 3.28. The summed E-state index contributed by atoms with van der Waals surface area (Å²) >= 11 is 0. The highest BCUT2D eigenvalue weighted by molar-refractivity contribution is 7.89. The van der Waals surface area contributed by atoms with Crippen LogP contribution in [0, 0.1) is 12.7 Å².